The van der Waals surface area contributed by atoms with Gasteiger partial charge in [-0.25, -0.2) is 12.8 Å². The van der Waals surface area contributed by atoms with Crippen LogP contribution >= 0.6 is 11.6 Å². The fourth-order valence-electron chi connectivity index (χ4n) is 1.75. The van der Waals surface area contributed by atoms with E-state index in [2.05, 4.69) is 0 Å². The minimum Gasteiger partial charge on any atom is -0.207 e. The molecule has 0 amide bonds. The first-order chi connectivity index (χ1) is 9.07. The van der Waals surface area contributed by atoms with E-state index in [-0.39, 0.29) is 16.3 Å². The fourth-order valence-corrected chi connectivity index (χ4v) is 3.76. The first-order valence-electron chi connectivity index (χ1n) is 6.42. The molecule has 0 radical (unpaired) electrons. The largest absolute Gasteiger partial charge is 0.243 e. The summed E-state index contributed by atoms with van der Waals surface area (Å²) in [4.78, 5) is -0.0165. The summed E-state index contributed by atoms with van der Waals surface area (Å²) in [5, 5.41) is 0. The Morgan fingerprint density at radius 1 is 1.35 bits per heavy atom. The Kier molecular flexibility index (Phi) is 5.22. The Bertz CT molecular complexity index is 599. The van der Waals surface area contributed by atoms with E-state index >= 15 is 0 Å². The summed E-state index contributed by atoms with van der Waals surface area (Å²) >= 11 is 5.69. The highest BCUT2D eigenvalue weighted by Crippen LogP contribution is 2.29. The van der Waals surface area contributed by atoms with Crippen LogP contribution in [-0.2, 0) is 15.9 Å². The molecule has 0 aliphatic heterocycles. The van der Waals surface area contributed by atoms with Crippen LogP contribution in [0, 0.1) is 12.7 Å². The van der Waals surface area contributed by atoms with Gasteiger partial charge in [-0.2, -0.15) is 4.31 Å². The second kappa shape index (κ2) is 6.00. The molecule has 0 saturated carbocycles. The molecule has 0 aromatic heterocycles. The molecule has 0 spiro atoms. The van der Waals surface area contributed by atoms with Crippen molar-refractivity contribution in [3.05, 3.63) is 29.1 Å². The van der Waals surface area contributed by atoms with Gasteiger partial charge in [0.15, 0.2) is 0 Å². The lowest BCUT2D eigenvalue weighted by Crippen LogP contribution is -2.44. The summed E-state index contributed by atoms with van der Waals surface area (Å²) < 4.78 is 40.5. The molecule has 1 aromatic carbocycles. The third-order valence-corrected chi connectivity index (χ3v) is 6.37. The molecule has 1 aromatic rings. The molecule has 0 bridgehead atoms. The number of alkyl halides is 1. The maximum absolute atomic E-state index is 13.9. The van der Waals surface area contributed by atoms with Gasteiger partial charge in [-0.05, 0) is 44.9 Å². The molecule has 0 saturated heterocycles. The number of hydrogen-bond donors (Lipinski definition) is 0. The molecule has 3 nitrogen and oxygen atoms in total. The molecule has 0 fully saturated rings. The molecule has 0 heterocycles. The average molecular weight is 322 g/mol. The van der Waals surface area contributed by atoms with Crippen molar-refractivity contribution in [1.29, 1.82) is 0 Å². The minimum atomic E-state index is -3.76. The van der Waals surface area contributed by atoms with Crippen molar-refractivity contribution in [1.82, 2.24) is 4.31 Å². The smallest absolute Gasteiger partial charge is 0.207 e. The molecule has 114 valence electrons. The SMILES string of the molecule is CCC(C)(C)N(C)S(=O)(=O)c1cc(CCl)cc(F)c1C. The average Bonchev–Trinajstić information content (AvgIpc) is 2.40. The third kappa shape index (κ3) is 3.15. The standard InChI is InChI=1S/C14H21ClFNO2S/c1-6-14(3,4)17(5)20(18,19)13-8-11(9-15)7-12(16)10(13)2/h7-8H,6,9H2,1-5H3. The van der Waals surface area contributed by atoms with Crippen molar-refractivity contribution < 1.29 is 12.8 Å². The predicted octanol–water partition coefficient (Wildman–Crippen LogP) is 3.68. The summed E-state index contributed by atoms with van der Waals surface area (Å²) in [5.74, 6) is -0.481. The van der Waals surface area contributed by atoms with E-state index in [1.54, 1.807) is 0 Å². The third-order valence-electron chi connectivity index (χ3n) is 3.87. The Balaban J connectivity index is 3.47. The molecule has 6 heteroatoms. The summed E-state index contributed by atoms with van der Waals surface area (Å²) in [6.07, 6.45) is 0.652. The Hall–Kier alpha value is -0.650. The van der Waals surface area contributed by atoms with Gasteiger partial charge in [0.25, 0.3) is 0 Å². The van der Waals surface area contributed by atoms with Crippen molar-refractivity contribution in [2.24, 2.45) is 0 Å². The van der Waals surface area contributed by atoms with Gasteiger partial charge in [0, 0.05) is 24.0 Å². The van der Waals surface area contributed by atoms with Crippen molar-refractivity contribution >= 4 is 21.6 Å². The zero-order valence-corrected chi connectivity index (χ0v) is 14.1. The maximum Gasteiger partial charge on any atom is 0.243 e. The van der Waals surface area contributed by atoms with Crippen molar-refractivity contribution in [3.8, 4) is 0 Å². The van der Waals surface area contributed by atoms with E-state index < -0.39 is 21.4 Å². The van der Waals surface area contributed by atoms with Crippen LogP contribution in [0.5, 0.6) is 0 Å². The number of hydrogen-bond acceptors (Lipinski definition) is 2. The molecule has 0 aliphatic carbocycles. The van der Waals surface area contributed by atoms with Crippen LogP contribution in [0.15, 0.2) is 17.0 Å². The number of rotatable bonds is 5. The second-order valence-electron chi connectivity index (χ2n) is 5.47. The van der Waals surface area contributed by atoms with E-state index in [0.29, 0.717) is 12.0 Å². The lowest BCUT2D eigenvalue weighted by atomic mass is 10.0. The predicted molar refractivity (Wildman–Crippen MR) is 80.0 cm³/mol. The molecule has 0 N–H and O–H groups in total. The highest BCUT2D eigenvalue weighted by molar-refractivity contribution is 7.89. The number of nitrogens with zero attached hydrogens (tertiary/aromatic N) is 1. The van der Waals surface area contributed by atoms with Crippen molar-refractivity contribution in [2.45, 2.75) is 50.4 Å². The van der Waals surface area contributed by atoms with E-state index in [1.165, 1.54) is 30.4 Å². The first kappa shape index (κ1) is 17.4. The van der Waals surface area contributed by atoms with E-state index in [0.717, 1.165) is 0 Å². The van der Waals surface area contributed by atoms with E-state index in [9.17, 15) is 12.8 Å². The van der Waals surface area contributed by atoms with Crippen LogP contribution in [0.1, 0.15) is 38.3 Å². The van der Waals surface area contributed by atoms with Gasteiger partial charge >= 0.3 is 0 Å². The fraction of sp³-hybridized carbons (Fsp3) is 0.571. The molecule has 0 aliphatic rings. The molecule has 0 unspecified atom stereocenters. The van der Waals surface area contributed by atoms with Gasteiger partial charge in [-0.1, -0.05) is 6.92 Å². The highest BCUT2D eigenvalue weighted by atomic mass is 35.5. The highest BCUT2D eigenvalue weighted by Gasteiger charge is 2.34. The van der Waals surface area contributed by atoms with Crippen LogP contribution in [0.2, 0.25) is 0 Å². The van der Waals surface area contributed by atoms with Crippen LogP contribution in [-0.4, -0.2) is 25.3 Å². The summed E-state index contributed by atoms with van der Waals surface area (Å²) in [6, 6.07) is 2.72. The monoisotopic (exact) mass is 321 g/mol. The van der Waals surface area contributed by atoms with Crippen LogP contribution in [0.3, 0.4) is 0 Å². The lowest BCUT2D eigenvalue weighted by molar-refractivity contribution is 0.257. The van der Waals surface area contributed by atoms with Gasteiger partial charge < -0.3 is 0 Å². The Morgan fingerprint density at radius 3 is 2.35 bits per heavy atom. The van der Waals surface area contributed by atoms with E-state index in [4.69, 9.17) is 11.6 Å². The first-order valence-corrected chi connectivity index (χ1v) is 8.39. The van der Waals surface area contributed by atoms with Crippen LogP contribution in [0.4, 0.5) is 4.39 Å². The maximum atomic E-state index is 13.9. The van der Waals surface area contributed by atoms with Crippen molar-refractivity contribution in [3.63, 3.8) is 0 Å². The summed E-state index contributed by atoms with van der Waals surface area (Å²) in [5.41, 5.74) is 0.0345. The van der Waals surface area contributed by atoms with Gasteiger partial charge in [-0.15, -0.1) is 11.6 Å². The lowest BCUT2D eigenvalue weighted by Gasteiger charge is -2.34. The topological polar surface area (TPSA) is 37.4 Å². The summed E-state index contributed by atoms with van der Waals surface area (Å²) in [6.45, 7) is 7.05. The number of sulfonamides is 1. The van der Waals surface area contributed by atoms with Gasteiger partial charge in [-0.3, -0.25) is 0 Å². The Morgan fingerprint density at radius 2 is 1.90 bits per heavy atom. The van der Waals surface area contributed by atoms with Crippen molar-refractivity contribution in [2.75, 3.05) is 7.05 Å². The summed E-state index contributed by atoms with van der Waals surface area (Å²) in [7, 11) is -2.24. The van der Waals surface area contributed by atoms with Gasteiger partial charge in [0.05, 0.1) is 4.90 Å². The molecule has 20 heavy (non-hydrogen) atoms. The zero-order chi connectivity index (χ0) is 15.7. The molecular weight excluding hydrogens is 301 g/mol. The minimum absolute atomic E-state index is 0.0165. The Labute approximate surface area is 125 Å². The second-order valence-corrected chi connectivity index (χ2v) is 7.68. The molecule has 0 atom stereocenters. The number of halogens is 2. The normalized spacial score (nSPS) is 13.0. The number of benzene rings is 1. The van der Waals surface area contributed by atoms with E-state index in [1.807, 2.05) is 20.8 Å². The van der Waals surface area contributed by atoms with Gasteiger partial charge in [0.1, 0.15) is 5.82 Å². The van der Waals surface area contributed by atoms with Crippen LogP contribution < -0.4 is 0 Å². The quantitative estimate of drug-likeness (QED) is 0.776. The van der Waals surface area contributed by atoms with Gasteiger partial charge in [0.2, 0.25) is 10.0 Å². The molecular formula is C14H21ClFNO2S. The molecule has 1 rings (SSSR count). The zero-order valence-electron chi connectivity index (χ0n) is 12.5. The van der Waals surface area contributed by atoms with Crippen LogP contribution in [0.25, 0.3) is 0 Å².